The highest BCUT2D eigenvalue weighted by molar-refractivity contribution is 14.0. The van der Waals surface area contributed by atoms with Crippen molar-refractivity contribution in [3.05, 3.63) is 0 Å². The number of unbranched alkanes of at least 4 members (excludes halogenated alkanes) is 1. The van der Waals surface area contributed by atoms with Crippen molar-refractivity contribution in [2.45, 2.75) is 39.2 Å². The largest absolute Gasteiger partial charge is 0.357 e. The first-order valence-electron chi connectivity index (χ1n) is 7.10. The first kappa shape index (κ1) is 23.6. The lowest BCUT2D eigenvalue weighted by atomic mass is 10.3. The number of guanidine groups is 1. The number of nitrogens with zero attached hydrogens (tertiary/aromatic N) is 1. The van der Waals surface area contributed by atoms with Crippen LogP contribution in [0.25, 0.3) is 0 Å². The van der Waals surface area contributed by atoms with Crippen molar-refractivity contribution >= 4 is 51.5 Å². The van der Waals surface area contributed by atoms with Gasteiger partial charge in [0.25, 0.3) is 0 Å². The van der Waals surface area contributed by atoms with E-state index in [9.17, 15) is 8.42 Å². The smallest absolute Gasteiger partial charge is 0.191 e. The Morgan fingerprint density at radius 3 is 2.52 bits per heavy atom. The maximum Gasteiger partial charge on any atom is 0.191 e. The molecular weight excluding hydrogens is 421 g/mol. The summed E-state index contributed by atoms with van der Waals surface area (Å²) in [5, 5.41) is 6.44. The molecule has 0 aromatic rings. The average molecular weight is 451 g/mol. The van der Waals surface area contributed by atoms with Crippen molar-refractivity contribution in [1.29, 1.82) is 0 Å². The lowest BCUT2D eigenvalue weighted by Gasteiger charge is -2.17. The fourth-order valence-corrected chi connectivity index (χ4v) is 2.84. The fraction of sp³-hybridized carbons (Fsp3) is 0.923. The van der Waals surface area contributed by atoms with Crippen LogP contribution in [0.15, 0.2) is 4.99 Å². The molecule has 0 aliphatic heterocycles. The summed E-state index contributed by atoms with van der Waals surface area (Å²) in [5.41, 5.74) is 0. The topological polar surface area (TPSA) is 70.6 Å². The molecule has 0 aromatic carbocycles. The maximum atomic E-state index is 11.1. The van der Waals surface area contributed by atoms with Crippen LogP contribution in [0.4, 0.5) is 0 Å². The Hall–Kier alpha value is 0.300. The lowest BCUT2D eigenvalue weighted by Crippen LogP contribution is -2.42. The Morgan fingerprint density at radius 1 is 1.33 bits per heavy atom. The number of nitrogens with one attached hydrogen (secondary N) is 2. The van der Waals surface area contributed by atoms with E-state index in [1.54, 1.807) is 0 Å². The number of hydrogen-bond acceptors (Lipinski definition) is 4. The van der Waals surface area contributed by atoms with Crippen molar-refractivity contribution in [3.8, 4) is 0 Å². The second-order valence-corrected chi connectivity index (χ2v) is 8.17. The maximum absolute atomic E-state index is 11.1. The monoisotopic (exact) mass is 451 g/mol. The molecule has 0 aliphatic rings. The van der Waals surface area contributed by atoms with E-state index >= 15 is 0 Å². The third-order valence-electron chi connectivity index (χ3n) is 2.68. The molecule has 2 N–H and O–H groups in total. The molecule has 8 heteroatoms. The standard InChI is InChI=1S/C13H29N3O2S2.HI/c1-5-14-13(15-9-6-7-10-19-3)16-12(2)8-11-20(4,17)18;/h12H,5-11H2,1-4H3,(H2,14,15,16);1H. The number of thioether (sulfide) groups is 1. The molecule has 5 nitrogen and oxygen atoms in total. The lowest BCUT2D eigenvalue weighted by molar-refractivity contribution is 0.581. The average Bonchev–Trinajstić information content (AvgIpc) is 2.35. The normalized spacial score (nSPS) is 13.4. The summed E-state index contributed by atoms with van der Waals surface area (Å²) in [6, 6.07) is 0.0914. The first-order valence-corrected chi connectivity index (χ1v) is 10.6. The van der Waals surface area contributed by atoms with E-state index in [0.717, 1.165) is 25.5 Å². The molecule has 0 amide bonds. The molecule has 0 saturated heterocycles. The van der Waals surface area contributed by atoms with E-state index in [4.69, 9.17) is 0 Å². The van der Waals surface area contributed by atoms with Gasteiger partial charge in [-0.1, -0.05) is 0 Å². The zero-order chi connectivity index (χ0) is 15.4. The van der Waals surface area contributed by atoms with E-state index in [-0.39, 0.29) is 35.8 Å². The highest BCUT2D eigenvalue weighted by atomic mass is 127. The van der Waals surface area contributed by atoms with Crippen molar-refractivity contribution in [2.24, 2.45) is 4.99 Å². The van der Waals surface area contributed by atoms with Crippen molar-refractivity contribution in [1.82, 2.24) is 10.6 Å². The predicted molar refractivity (Wildman–Crippen MR) is 106 cm³/mol. The van der Waals surface area contributed by atoms with Crippen LogP contribution in [0.1, 0.15) is 33.1 Å². The van der Waals surface area contributed by atoms with Gasteiger partial charge in [0.15, 0.2) is 5.96 Å². The molecule has 0 spiro atoms. The van der Waals surface area contributed by atoms with Gasteiger partial charge in [0, 0.05) is 25.4 Å². The molecule has 0 fully saturated rings. The molecule has 1 unspecified atom stereocenters. The van der Waals surface area contributed by atoms with Gasteiger partial charge in [-0.3, -0.25) is 4.99 Å². The molecule has 0 saturated carbocycles. The molecule has 0 heterocycles. The quantitative estimate of drug-likeness (QED) is 0.231. The van der Waals surface area contributed by atoms with E-state index in [1.807, 2.05) is 25.6 Å². The molecule has 128 valence electrons. The number of halogens is 1. The van der Waals surface area contributed by atoms with Gasteiger partial charge in [0.1, 0.15) is 9.84 Å². The predicted octanol–water partition coefficient (Wildman–Crippen LogP) is 2.13. The van der Waals surface area contributed by atoms with Gasteiger partial charge in [-0.25, -0.2) is 8.42 Å². The van der Waals surface area contributed by atoms with E-state index in [1.165, 1.54) is 18.4 Å². The van der Waals surface area contributed by atoms with E-state index in [2.05, 4.69) is 21.9 Å². The third kappa shape index (κ3) is 16.5. The Balaban J connectivity index is 0. The number of aliphatic imine (C=N–C) groups is 1. The number of rotatable bonds is 10. The first-order chi connectivity index (χ1) is 9.39. The molecule has 1 atom stereocenters. The molecule has 0 bridgehead atoms. The summed E-state index contributed by atoms with van der Waals surface area (Å²) < 4.78 is 22.3. The van der Waals surface area contributed by atoms with Gasteiger partial charge in [-0.05, 0) is 45.1 Å². The number of hydrogen-bond donors (Lipinski definition) is 2. The second-order valence-electron chi connectivity index (χ2n) is 4.92. The molecule has 21 heavy (non-hydrogen) atoms. The summed E-state index contributed by atoms with van der Waals surface area (Å²) in [7, 11) is -2.90. The Kier molecular flexibility index (Phi) is 15.6. The minimum absolute atomic E-state index is 0. The molecule has 0 aromatic heterocycles. The SMILES string of the molecule is CCNC(=NCCCCSC)NC(C)CCS(C)(=O)=O.I. The summed E-state index contributed by atoms with van der Waals surface area (Å²) in [5.74, 6) is 2.15. The number of sulfone groups is 1. The van der Waals surface area contributed by atoms with Crippen molar-refractivity contribution < 1.29 is 8.42 Å². The van der Waals surface area contributed by atoms with Crippen LogP contribution in [0.2, 0.25) is 0 Å². The second kappa shape index (κ2) is 13.9. The Labute approximate surface area is 151 Å². The molecule has 0 rings (SSSR count). The van der Waals surface area contributed by atoms with Crippen LogP contribution >= 0.6 is 35.7 Å². The van der Waals surface area contributed by atoms with Crippen LogP contribution in [0, 0.1) is 0 Å². The summed E-state index contributed by atoms with van der Waals surface area (Å²) >= 11 is 1.85. The Bertz CT molecular complexity index is 376. The van der Waals surface area contributed by atoms with E-state index in [0.29, 0.717) is 6.42 Å². The minimum atomic E-state index is -2.90. The highest BCUT2D eigenvalue weighted by Crippen LogP contribution is 1.99. The molecule has 0 radical (unpaired) electrons. The van der Waals surface area contributed by atoms with Crippen LogP contribution in [-0.4, -0.2) is 57.5 Å². The van der Waals surface area contributed by atoms with Crippen LogP contribution in [-0.2, 0) is 9.84 Å². The van der Waals surface area contributed by atoms with Crippen LogP contribution < -0.4 is 10.6 Å². The molecule has 0 aliphatic carbocycles. The van der Waals surface area contributed by atoms with Gasteiger partial charge in [0.2, 0.25) is 0 Å². The van der Waals surface area contributed by atoms with Crippen molar-refractivity contribution in [2.75, 3.05) is 37.1 Å². The summed E-state index contributed by atoms with van der Waals surface area (Å²) in [6.45, 7) is 5.60. The van der Waals surface area contributed by atoms with Crippen molar-refractivity contribution in [3.63, 3.8) is 0 Å². The summed E-state index contributed by atoms with van der Waals surface area (Å²) in [4.78, 5) is 4.51. The summed E-state index contributed by atoms with van der Waals surface area (Å²) in [6.07, 6.45) is 6.22. The minimum Gasteiger partial charge on any atom is -0.357 e. The Morgan fingerprint density at radius 2 is 2.00 bits per heavy atom. The zero-order valence-electron chi connectivity index (χ0n) is 13.5. The van der Waals surface area contributed by atoms with Gasteiger partial charge >= 0.3 is 0 Å². The third-order valence-corrected chi connectivity index (χ3v) is 4.35. The van der Waals surface area contributed by atoms with Crippen LogP contribution in [0.3, 0.4) is 0 Å². The van der Waals surface area contributed by atoms with Gasteiger partial charge in [0.05, 0.1) is 5.75 Å². The van der Waals surface area contributed by atoms with E-state index < -0.39 is 9.84 Å². The highest BCUT2D eigenvalue weighted by Gasteiger charge is 2.09. The zero-order valence-corrected chi connectivity index (χ0v) is 17.5. The fourth-order valence-electron chi connectivity index (χ4n) is 1.57. The molecular formula is C13H30IN3O2S2. The van der Waals surface area contributed by atoms with Crippen LogP contribution in [0.5, 0.6) is 0 Å². The van der Waals surface area contributed by atoms with Gasteiger partial charge in [-0.15, -0.1) is 24.0 Å². The van der Waals surface area contributed by atoms with Gasteiger partial charge < -0.3 is 10.6 Å². The van der Waals surface area contributed by atoms with Gasteiger partial charge in [-0.2, -0.15) is 11.8 Å².